The van der Waals surface area contributed by atoms with E-state index in [0.717, 1.165) is 16.7 Å². The van der Waals surface area contributed by atoms with E-state index < -0.39 is 9.84 Å². The van der Waals surface area contributed by atoms with Crippen LogP contribution in [0.5, 0.6) is 0 Å². The van der Waals surface area contributed by atoms with Gasteiger partial charge in [-0.3, -0.25) is 0 Å². The molecule has 0 amide bonds. The first-order valence-electron chi connectivity index (χ1n) is 6.57. The third-order valence-electron chi connectivity index (χ3n) is 3.15. The lowest BCUT2D eigenvalue weighted by Gasteiger charge is -2.09. The second-order valence-corrected chi connectivity index (χ2v) is 7.87. The van der Waals surface area contributed by atoms with Crippen molar-refractivity contribution in [3.63, 3.8) is 0 Å². The molecule has 21 heavy (non-hydrogen) atoms. The summed E-state index contributed by atoms with van der Waals surface area (Å²) in [6, 6.07) is 10.7. The molecule has 0 aliphatic rings. The van der Waals surface area contributed by atoms with E-state index in [1.807, 2.05) is 32.0 Å². The summed E-state index contributed by atoms with van der Waals surface area (Å²) in [6.45, 7) is 3.91. The minimum Gasteiger partial charge on any atom is -0.398 e. The Morgan fingerprint density at radius 2 is 1.62 bits per heavy atom. The van der Waals surface area contributed by atoms with E-state index in [9.17, 15) is 8.42 Å². The number of nitrogens with two attached hydrogens (primary N) is 1. The SMILES string of the molecule is Cc1cc(C)cc(CS(=O)(=O)Cc2cc(Cl)ccc2N)c1. The molecular weight excluding hydrogens is 306 g/mol. The van der Waals surface area contributed by atoms with Gasteiger partial charge in [0.05, 0.1) is 11.5 Å². The summed E-state index contributed by atoms with van der Waals surface area (Å²) in [7, 11) is -3.30. The molecule has 0 bridgehead atoms. The lowest BCUT2D eigenvalue weighted by molar-refractivity contribution is 0.594. The van der Waals surface area contributed by atoms with Crippen LogP contribution in [-0.2, 0) is 21.3 Å². The van der Waals surface area contributed by atoms with Gasteiger partial charge in [0, 0.05) is 10.7 Å². The summed E-state index contributed by atoms with van der Waals surface area (Å²) in [4.78, 5) is 0. The second kappa shape index (κ2) is 6.08. The van der Waals surface area contributed by atoms with E-state index in [-0.39, 0.29) is 11.5 Å². The minimum absolute atomic E-state index is 0.00146. The average molecular weight is 324 g/mol. The van der Waals surface area contributed by atoms with Crippen LogP contribution in [0.2, 0.25) is 5.02 Å². The van der Waals surface area contributed by atoms with Gasteiger partial charge in [-0.15, -0.1) is 0 Å². The van der Waals surface area contributed by atoms with Crippen molar-refractivity contribution in [2.24, 2.45) is 0 Å². The van der Waals surface area contributed by atoms with E-state index in [1.54, 1.807) is 18.2 Å². The molecule has 0 unspecified atom stereocenters. The number of nitrogen functional groups attached to an aromatic ring is 1. The summed E-state index contributed by atoms with van der Waals surface area (Å²) < 4.78 is 24.7. The summed E-state index contributed by atoms with van der Waals surface area (Å²) >= 11 is 5.90. The van der Waals surface area contributed by atoms with Crippen LogP contribution in [-0.4, -0.2) is 8.42 Å². The molecule has 3 nitrogen and oxygen atoms in total. The number of anilines is 1. The normalized spacial score (nSPS) is 11.6. The molecular formula is C16H18ClNO2S. The van der Waals surface area contributed by atoms with Gasteiger partial charge in [-0.05, 0) is 43.2 Å². The first kappa shape index (κ1) is 15.9. The van der Waals surface area contributed by atoms with Gasteiger partial charge in [-0.1, -0.05) is 40.9 Å². The predicted molar refractivity (Wildman–Crippen MR) is 88.1 cm³/mol. The molecule has 0 aliphatic carbocycles. The summed E-state index contributed by atoms with van der Waals surface area (Å²) in [6.07, 6.45) is 0. The number of sulfone groups is 1. The molecule has 2 N–H and O–H groups in total. The Kier molecular flexibility index (Phi) is 4.59. The van der Waals surface area contributed by atoms with Crippen molar-refractivity contribution < 1.29 is 8.42 Å². The minimum atomic E-state index is -3.30. The van der Waals surface area contributed by atoms with Gasteiger partial charge in [0.2, 0.25) is 0 Å². The van der Waals surface area contributed by atoms with E-state index in [1.165, 1.54) is 0 Å². The van der Waals surface area contributed by atoms with Crippen LogP contribution >= 0.6 is 11.6 Å². The van der Waals surface area contributed by atoms with Gasteiger partial charge in [0.15, 0.2) is 9.84 Å². The summed E-state index contributed by atoms with van der Waals surface area (Å²) in [5.41, 5.74) is 9.73. The molecule has 0 spiro atoms. The molecule has 5 heteroatoms. The van der Waals surface area contributed by atoms with E-state index in [4.69, 9.17) is 17.3 Å². The predicted octanol–water partition coefficient (Wildman–Crippen LogP) is 3.65. The van der Waals surface area contributed by atoms with Crippen LogP contribution in [0.4, 0.5) is 5.69 Å². The van der Waals surface area contributed by atoms with Gasteiger partial charge in [0.1, 0.15) is 0 Å². The average Bonchev–Trinajstić information content (AvgIpc) is 2.31. The van der Waals surface area contributed by atoms with Crippen molar-refractivity contribution in [1.29, 1.82) is 0 Å². The highest BCUT2D eigenvalue weighted by molar-refractivity contribution is 7.89. The smallest absolute Gasteiger partial charge is 0.158 e. The van der Waals surface area contributed by atoms with Gasteiger partial charge in [-0.25, -0.2) is 8.42 Å². The highest BCUT2D eigenvalue weighted by Crippen LogP contribution is 2.22. The lowest BCUT2D eigenvalue weighted by Crippen LogP contribution is -2.09. The van der Waals surface area contributed by atoms with E-state index in [2.05, 4.69) is 0 Å². The zero-order valence-corrected chi connectivity index (χ0v) is 13.6. The maximum Gasteiger partial charge on any atom is 0.158 e. The monoisotopic (exact) mass is 323 g/mol. The van der Waals surface area contributed by atoms with Crippen LogP contribution in [0, 0.1) is 13.8 Å². The number of aryl methyl sites for hydroxylation is 2. The van der Waals surface area contributed by atoms with Gasteiger partial charge >= 0.3 is 0 Å². The standard InChI is InChI=1S/C16H18ClNO2S/c1-11-5-12(2)7-13(6-11)9-21(19,20)10-14-8-15(17)3-4-16(14)18/h3-8H,9-10,18H2,1-2H3. The molecule has 2 aromatic carbocycles. The Morgan fingerprint density at radius 1 is 1.00 bits per heavy atom. The quantitative estimate of drug-likeness (QED) is 0.874. The van der Waals surface area contributed by atoms with Crippen molar-refractivity contribution in [2.75, 3.05) is 5.73 Å². The Balaban J connectivity index is 2.24. The van der Waals surface area contributed by atoms with Gasteiger partial charge in [0.25, 0.3) is 0 Å². The molecule has 0 radical (unpaired) electrons. The highest BCUT2D eigenvalue weighted by Gasteiger charge is 2.15. The Bertz CT molecular complexity index is 750. The number of hydrogen-bond acceptors (Lipinski definition) is 3. The molecule has 0 aromatic heterocycles. The van der Waals surface area contributed by atoms with E-state index >= 15 is 0 Å². The third kappa shape index (κ3) is 4.48. The number of halogens is 1. The Hall–Kier alpha value is -1.52. The number of rotatable bonds is 4. The fraction of sp³-hybridized carbons (Fsp3) is 0.250. The third-order valence-corrected chi connectivity index (χ3v) is 4.91. The fourth-order valence-corrected chi connectivity index (χ4v) is 4.09. The van der Waals surface area contributed by atoms with Crippen LogP contribution in [0.25, 0.3) is 0 Å². The van der Waals surface area contributed by atoms with Gasteiger partial charge in [-0.2, -0.15) is 0 Å². The molecule has 0 fully saturated rings. The second-order valence-electron chi connectivity index (χ2n) is 5.37. The Morgan fingerprint density at radius 3 is 2.24 bits per heavy atom. The zero-order chi connectivity index (χ0) is 15.6. The first-order valence-corrected chi connectivity index (χ1v) is 8.76. The fourth-order valence-electron chi connectivity index (χ4n) is 2.39. The summed E-state index contributed by atoms with van der Waals surface area (Å²) in [5.74, 6) is -0.103. The molecule has 112 valence electrons. The van der Waals surface area contributed by atoms with Crippen LogP contribution in [0.3, 0.4) is 0 Å². The molecule has 0 atom stereocenters. The zero-order valence-electron chi connectivity index (χ0n) is 12.1. The number of hydrogen-bond donors (Lipinski definition) is 1. The molecule has 0 heterocycles. The molecule has 0 aliphatic heterocycles. The summed E-state index contributed by atoms with van der Waals surface area (Å²) in [5, 5.41) is 0.487. The molecule has 2 aromatic rings. The van der Waals surface area contributed by atoms with Crippen molar-refractivity contribution in [3.05, 3.63) is 63.7 Å². The van der Waals surface area contributed by atoms with Crippen LogP contribution in [0.15, 0.2) is 36.4 Å². The topological polar surface area (TPSA) is 60.2 Å². The molecule has 2 rings (SSSR count). The van der Waals surface area contributed by atoms with E-state index in [0.29, 0.717) is 16.3 Å². The molecule has 0 saturated heterocycles. The maximum atomic E-state index is 12.4. The van der Waals surface area contributed by atoms with Crippen LogP contribution < -0.4 is 5.73 Å². The highest BCUT2D eigenvalue weighted by atomic mass is 35.5. The number of benzene rings is 2. The molecule has 0 saturated carbocycles. The largest absolute Gasteiger partial charge is 0.398 e. The van der Waals surface area contributed by atoms with Crippen molar-refractivity contribution >= 4 is 27.1 Å². The first-order chi connectivity index (χ1) is 9.75. The van der Waals surface area contributed by atoms with Crippen LogP contribution in [0.1, 0.15) is 22.3 Å². The van der Waals surface area contributed by atoms with Gasteiger partial charge < -0.3 is 5.73 Å². The van der Waals surface area contributed by atoms with Crippen molar-refractivity contribution in [1.82, 2.24) is 0 Å². The Labute approximate surface area is 130 Å². The lowest BCUT2D eigenvalue weighted by atomic mass is 10.1. The van der Waals surface area contributed by atoms with Crippen molar-refractivity contribution in [3.8, 4) is 0 Å². The van der Waals surface area contributed by atoms with Crippen molar-refractivity contribution in [2.45, 2.75) is 25.4 Å². The maximum absolute atomic E-state index is 12.4.